The van der Waals surface area contributed by atoms with E-state index in [2.05, 4.69) is 37.1 Å². The number of carboxylic acids is 1. The van der Waals surface area contributed by atoms with Gasteiger partial charge in [-0.1, -0.05) is 41.9 Å². The van der Waals surface area contributed by atoms with Gasteiger partial charge in [-0.15, -0.1) is 0 Å². The van der Waals surface area contributed by atoms with Gasteiger partial charge >= 0.3 is 11.9 Å². The summed E-state index contributed by atoms with van der Waals surface area (Å²) in [6.45, 7) is 3.48. The van der Waals surface area contributed by atoms with E-state index >= 15 is 0 Å². The van der Waals surface area contributed by atoms with Gasteiger partial charge in [0.15, 0.2) is 17.5 Å². The van der Waals surface area contributed by atoms with Crippen LogP contribution >= 0.6 is 39.7 Å². The van der Waals surface area contributed by atoms with E-state index in [0.29, 0.717) is 48.5 Å². The molecule has 0 unspecified atom stereocenters. The Labute approximate surface area is 277 Å². The molecule has 0 aromatic heterocycles. The van der Waals surface area contributed by atoms with Crippen molar-refractivity contribution in [3.63, 3.8) is 0 Å². The Morgan fingerprint density at radius 2 is 1.87 bits per heavy atom. The quantitative estimate of drug-likeness (QED) is 0.0847. The smallest absolute Gasteiger partial charge is 0.338 e. The molecule has 0 radical (unpaired) electrons. The molecular weight excluding hydrogens is 688 g/mol. The minimum atomic E-state index is -1.01. The van der Waals surface area contributed by atoms with E-state index in [1.165, 1.54) is 18.3 Å². The monoisotopic (exact) mass is 714 g/mol. The number of carbonyl (C=O) groups is 3. The molecule has 0 saturated carbocycles. The van der Waals surface area contributed by atoms with Gasteiger partial charge in [-0.3, -0.25) is 4.79 Å². The second-order valence-corrected chi connectivity index (χ2v) is 11.2. The molecule has 1 aliphatic heterocycles. The third-order valence-corrected chi connectivity index (χ3v) is 7.45. The molecule has 1 atom stereocenters. The van der Waals surface area contributed by atoms with Gasteiger partial charge < -0.3 is 30.0 Å². The van der Waals surface area contributed by atoms with E-state index in [0.717, 1.165) is 5.56 Å². The molecule has 0 spiro atoms. The lowest BCUT2D eigenvalue weighted by molar-refractivity contribution is -0.139. The molecule has 45 heavy (non-hydrogen) atoms. The molecule has 3 aromatic rings. The van der Waals surface area contributed by atoms with Crippen LogP contribution in [-0.4, -0.2) is 47.5 Å². The number of hydrogen-bond donors (Lipinski definition) is 4. The molecule has 0 bridgehead atoms. The van der Waals surface area contributed by atoms with Crippen molar-refractivity contribution in [1.82, 2.24) is 16.1 Å². The number of hydrogen-bond acceptors (Lipinski definition) is 8. The molecule has 1 aliphatic rings. The van der Waals surface area contributed by atoms with Crippen LogP contribution < -0.4 is 25.5 Å². The van der Waals surface area contributed by atoms with Crippen LogP contribution in [0.25, 0.3) is 0 Å². The number of para-hydroxylation sites is 1. The number of amides is 1. The fourth-order valence-electron chi connectivity index (χ4n) is 4.30. The summed E-state index contributed by atoms with van der Waals surface area (Å²) in [5, 5.41) is 19.7. The Hall–Kier alpha value is -4.46. The van der Waals surface area contributed by atoms with E-state index in [-0.39, 0.29) is 25.4 Å². The van der Waals surface area contributed by atoms with Crippen LogP contribution in [0.5, 0.6) is 11.5 Å². The highest BCUT2D eigenvalue weighted by molar-refractivity contribution is 9.10. The molecule has 0 aliphatic carbocycles. The number of benzene rings is 3. The van der Waals surface area contributed by atoms with E-state index in [1.54, 1.807) is 62.4 Å². The van der Waals surface area contributed by atoms with Crippen LogP contribution in [0.2, 0.25) is 5.02 Å². The molecule has 14 heteroatoms. The fraction of sp³-hybridized carbons (Fsp3) is 0.194. The Bertz CT molecular complexity index is 1660. The van der Waals surface area contributed by atoms with Crippen LogP contribution in [0.4, 0.5) is 0 Å². The molecular formula is C31H28BrClN4O7S. The normalized spacial score (nSPS) is 14.4. The summed E-state index contributed by atoms with van der Waals surface area (Å²) in [6.07, 6.45) is 1.41. The van der Waals surface area contributed by atoms with Crippen LogP contribution in [0.3, 0.4) is 0 Å². The van der Waals surface area contributed by atoms with Crippen molar-refractivity contribution in [2.75, 3.05) is 13.2 Å². The van der Waals surface area contributed by atoms with Crippen molar-refractivity contribution in [1.29, 1.82) is 0 Å². The molecule has 3 aromatic carbocycles. The number of allylic oxidation sites excluding steroid dienone is 1. The van der Waals surface area contributed by atoms with E-state index in [1.807, 2.05) is 0 Å². The van der Waals surface area contributed by atoms with Crippen LogP contribution in [0.15, 0.2) is 81.5 Å². The first-order valence-electron chi connectivity index (χ1n) is 13.5. The summed E-state index contributed by atoms with van der Waals surface area (Å²) in [4.78, 5) is 36.3. The minimum Gasteiger partial charge on any atom is -0.486 e. The summed E-state index contributed by atoms with van der Waals surface area (Å²) in [5.41, 5.74) is 5.45. The Kier molecular flexibility index (Phi) is 11.5. The number of carboxylic acid groups (broad SMARTS) is 1. The first-order valence-corrected chi connectivity index (χ1v) is 15.1. The number of ether oxygens (including phenoxy) is 3. The van der Waals surface area contributed by atoms with Crippen molar-refractivity contribution in [2.24, 2.45) is 5.10 Å². The number of halogens is 2. The molecule has 4 rings (SSSR count). The number of carbonyl (C=O) groups excluding carboxylic acids is 2. The maximum absolute atomic E-state index is 12.7. The van der Waals surface area contributed by atoms with Gasteiger partial charge in [-0.25, -0.2) is 15.0 Å². The lowest BCUT2D eigenvalue weighted by Crippen LogP contribution is -2.45. The largest absolute Gasteiger partial charge is 0.486 e. The maximum Gasteiger partial charge on any atom is 0.338 e. The van der Waals surface area contributed by atoms with Gasteiger partial charge in [0.25, 0.3) is 5.91 Å². The summed E-state index contributed by atoms with van der Waals surface area (Å²) in [5.74, 6) is -1.26. The molecule has 4 N–H and O–H groups in total. The first kappa shape index (κ1) is 33.4. The number of thiocarbonyl (C=S) groups is 1. The molecule has 11 nitrogen and oxygen atoms in total. The van der Waals surface area contributed by atoms with Crippen LogP contribution in [0, 0.1) is 0 Å². The van der Waals surface area contributed by atoms with E-state index in [4.69, 9.17) is 43.1 Å². The Morgan fingerprint density at radius 3 is 2.56 bits per heavy atom. The van der Waals surface area contributed by atoms with Crippen LogP contribution in [-0.2, 0) is 20.9 Å². The molecule has 0 fully saturated rings. The summed E-state index contributed by atoms with van der Waals surface area (Å²) in [7, 11) is 0. The van der Waals surface area contributed by atoms with Gasteiger partial charge in [0.2, 0.25) is 0 Å². The molecule has 1 amide bonds. The zero-order valence-electron chi connectivity index (χ0n) is 24.1. The maximum atomic E-state index is 12.7. The van der Waals surface area contributed by atoms with E-state index in [9.17, 15) is 14.4 Å². The molecule has 234 valence electrons. The van der Waals surface area contributed by atoms with Crippen molar-refractivity contribution < 1.29 is 33.7 Å². The highest BCUT2D eigenvalue weighted by Crippen LogP contribution is 2.35. The average Bonchev–Trinajstić information content (AvgIpc) is 2.99. The zero-order valence-corrected chi connectivity index (χ0v) is 27.2. The average molecular weight is 716 g/mol. The number of nitrogens with one attached hydrogen (secondary N) is 3. The topological polar surface area (TPSA) is 148 Å². The number of aromatic carboxylic acids is 1. The lowest BCUT2D eigenvalue weighted by Gasteiger charge is -2.30. The van der Waals surface area contributed by atoms with Crippen molar-refractivity contribution in [3.8, 4) is 11.5 Å². The van der Waals surface area contributed by atoms with Gasteiger partial charge in [0.05, 0.1) is 39.5 Å². The van der Waals surface area contributed by atoms with Crippen molar-refractivity contribution >= 4 is 68.9 Å². The van der Waals surface area contributed by atoms with Gasteiger partial charge in [-0.05, 0) is 83.5 Å². The minimum absolute atomic E-state index is 0.172. The highest BCUT2D eigenvalue weighted by Gasteiger charge is 2.32. The van der Waals surface area contributed by atoms with Gasteiger partial charge in [0.1, 0.15) is 12.4 Å². The summed E-state index contributed by atoms with van der Waals surface area (Å²) in [6, 6.07) is 16.0. The Balaban J connectivity index is 1.36. The standard InChI is InChI=1S/C31H28BrClN4O7S/c1-3-42-30(41)26-17(2)35-31(45)36-27(26)21-6-4-5-7-24(21)43-16-25(38)37-34-14-19-12-22(32)28(23(33)13-19)44-15-18-8-10-20(11-9-18)29(39)40/h4-14,27H,3,15-16H2,1-2H3,(H,37,38)(H,39,40)(H2,35,36,45)/t27-/m1/s1. The van der Waals surface area contributed by atoms with E-state index < -0.39 is 23.9 Å². The number of hydrazone groups is 1. The molecule has 1 heterocycles. The number of rotatable bonds is 12. The second kappa shape index (κ2) is 15.5. The zero-order chi connectivity index (χ0) is 32.5. The lowest BCUT2D eigenvalue weighted by atomic mass is 9.95. The number of nitrogens with zero attached hydrogens (tertiary/aromatic N) is 1. The van der Waals surface area contributed by atoms with Gasteiger partial charge in [0, 0.05) is 11.3 Å². The Morgan fingerprint density at radius 1 is 1.13 bits per heavy atom. The SMILES string of the molecule is CCOC(=O)C1=C(C)NC(=S)N[C@@H]1c1ccccc1OCC(=O)NN=Cc1cc(Cl)c(OCc2ccc(C(=O)O)cc2)c(Br)c1. The number of esters is 1. The van der Waals surface area contributed by atoms with Crippen LogP contribution in [0.1, 0.15) is 46.9 Å². The van der Waals surface area contributed by atoms with Crippen molar-refractivity contribution in [3.05, 3.63) is 104 Å². The third-order valence-electron chi connectivity index (χ3n) is 6.36. The second-order valence-electron chi connectivity index (χ2n) is 9.51. The van der Waals surface area contributed by atoms with Gasteiger partial charge in [-0.2, -0.15) is 5.10 Å². The predicted octanol–water partition coefficient (Wildman–Crippen LogP) is 5.26. The molecule has 0 saturated heterocycles. The third kappa shape index (κ3) is 8.81. The predicted molar refractivity (Wildman–Crippen MR) is 176 cm³/mol. The highest BCUT2D eigenvalue weighted by atomic mass is 79.9. The summed E-state index contributed by atoms with van der Waals surface area (Å²) < 4.78 is 17.4. The first-order chi connectivity index (χ1) is 21.6. The summed E-state index contributed by atoms with van der Waals surface area (Å²) >= 11 is 15.2. The van der Waals surface area contributed by atoms with Crippen molar-refractivity contribution in [2.45, 2.75) is 26.5 Å². The fourth-order valence-corrected chi connectivity index (χ4v) is 5.56.